The SMILES string of the molecule is CNC(=O)CN(C)C(=O)COC(=O)c1ccc(S(=O)(=O)N2CCCCCC2)cc1. The normalized spacial score (nSPS) is 15.2. The Morgan fingerprint density at radius 2 is 1.66 bits per heavy atom. The Balaban J connectivity index is 1.96. The maximum Gasteiger partial charge on any atom is 0.338 e. The summed E-state index contributed by atoms with van der Waals surface area (Å²) in [5.74, 6) is -1.61. The minimum Gasteiger partial charge on any atom is -0.452 e. The Hall–Kier alpha value is -2.46. The lowest BCUT2D eigenvalue weighted by atomic mass is 10.2. The molecule has 0 bridgehead atoms. The summed E-state index contributed by atoms with van der Waals surface area (Å²) in [6, 6.07) is 5.48. The lowest BCUT2D eigenvalue weighted by molar-refractivity contribution is -0.137. The van der Waals surface area contributed by atoms with Gasteiger partial charge in [0.1, 0.15) is 0 Å². The van der Waals surface area contributed by atoms with Crippen molar-refractivity contribution in [2.75, 3.05) is 40.3 Å². The van der Waals surface area contributed by atoms with Crippen molar-refractivity contribution in [3.63, 3.8) is 0 Å². The van der Waals surface area contributed by atoms with Crippen molar-refractivity contribution < 1.29 is 27.5 Å². The monoisotopic (exact) mass is 425 g/mol. The minimum atomic E-state index is -3.60. The first-order chi connectivity index (χ1) is 13.8. The zero-order valence-corrected chi connectivity index (χ0v) is 17.5. The van der Waals surface area contributed by atoms with Gasteiger partial charge in [0, 0.05) is 27.2 Å². The number of benzene rings is 1. The Kier molecular flexibility index (Phi) is 8.15. The molecule has 1 aromatic carbocycles. The molecule has 0 atom stereocenters. The Morgan fingerprint density at radius 1 is 1.07 bits per heavy atom. The summed E-state index contributed by atoms with van der Waals surface area (Å²) < 4.78 is 31.9. The molecule has 1 saturated heterocycles. The van der Waals surface area contributed by atoms with Crippen molar-refractivity contribution in [2.24, 2.45) is 0 Å². The van der Waals surface area contributed by atoms with Crippen LogP contribution in [0.5, 0.6) is 0 Å². The summed E-state index contributed by atoms with van der Waals surface area (Å²) in [6.45, 7) is 0.339. The lowest BCUT2D eigenvalue weighted by Gasteiger charge is -2.20. The third kappa shape index (κ3) is 6.26. The van der Waals surface area contributed by atoms with E-state index in [9.17, 15) is 22.8 Å². The van der Waals surface area contributed by atoms with Crippen LogP contribution in [0.1, 0.15) is 36.0 Å². The number of amides is 2. The number of carbonyl (C=O) groups is 3. The van der Waals surface area contributed by atoms with Crippen LogP contribution in [0.15, 0.2) is 29.2 Å². The molecule has 2 amide bonds. The largest absolute Gasteiger partial charge is 0.452 e. The molecule has 0 unspecified atom stereocenters. The van der Waals surface area contributed by atoms with Gasteiger partial charge in [0.25, 0.3) is 5.91 Å². The number of hydrogen-bond donors (Lipinski definition) is 1. The fourth-order valence-corrected chi connectivity index (χ4v) is 4.41. The van der Waals surface area contributed by atoms with Crippen LogP contribution in [-0.2, 0) is 24.3 Å². The first-order valence-electron chi connectivity index (χ1n) is 9.47. The third-order valence-electron chi connectivity index (χ3n) is 4.70. The van der Waals surface area contributed by atoms with Crippen LogP contribution in [0.2, 0.25) is 0 Å². The number of rotatable bonds is 7. The molecule has 0 aliphatic carbocycles. The number of hydrogen-bond acceptors (Lipinski definition) is 6. The van der Waals surface area contributed by atoms with Crippen molar-refractivity contribution in [3.05, 3.63) is 29.8 Å². The van der Waals surface area contributed by atoms with E-state index in [1.54, 1.807) is 0 Å². The fraction of sp³-hybridized carbons (Fsp3) is 0.526. The van der Waals surface area contributed by atoms with Crippen molar-refractivity contribution in [3.8, 4) is 0 Å². The Bertz CT molecular complexity index is 830. The van der Waals surface area contributed by atoms with E-state index in [4.69, 9.17) is 4.74 Å². The first-order valence-corrected chi connectivity index (χ1v) is 10.9. The van der Waals surface area contributed by atoms with Crippen molar-refractivity contribution in [1.82, 2.24) is 14.5 Å². The first kappa shape index (κ1) is 22.8. The highest BCUT2D eigenvalue weighted by Crippen LogP contribution is 2.20. The van der Waals surface area contributed by atoms with E-state index in [2.05, 4.69) is 5.32 Å². The number of nitrogens with zero attached hydrogens (tertiary/aromatic N) is 2. The van der Waals surface area contributed by atoms with E-state index >= 15 is 0 Å². The van der Waals surface area contributed by atoms with Gasteiger partial charge in [0.05, 0.1) is 17.0 Å². The van der Waals surface area contributed by atoms with Gasteiger partial charge in [-0.3, -0.25) is 9.59 Å². The van der Waals surface area contributed by atoms with Gasteiger partial charge < -0.3 is 15.0 Å². The van der Waals surface area contributed by atoms with E-state index < -0.39 is 28.5 Å². The van der Waals surface area contributed by atoms with E-state index in [-0.39, 0.29) is 22.9 Å². The van der Waals surface area contributed by atoms with Gasteiger partial charge in [-0.15, -0.1) is 0 Å². The molecule has 0 radical (unpaired) electrons. The summed E-state index contributed by atoms with van der Waals surface area (Å²) in [7, 11) is -0.716. The zero-order valence-electron chi connectivity index (χ0n) is 16.7. The van der Waals surface area contributed by atoms with Crippen LogP contribution in [0.4, 0.5) is 0 Å². The predicted octanol–water partition coefficient (Wildman–Crippen LogP) is 0.613. The maximum absolute atomic E-state index is 12.8. The van der Waals surface area contributed by atoms with Gasteiger partial charge in [0.2, 0.25) is 15.9 Å². The Morgan fingerprint density at radius 3 is 2.21 bits per heavy atom. The summed E-state index contributed by atoms with van der Waals surface area (Å²) in [5, 5.41) is 2.39. The fourth-order valence-electron chi connectivity index (χ4n) is 2.90. The maximum atomic E-state index is 12.8. The molecular formula is C19H27N3O6S. The molecule has 1 aliphatic heterocycles. The van der Waals surface area contributed by atoms with Crippen LogP contribution in [0, 0.1) is 0 Å². The van der Waals surface area contributed by atoms with Gasteiger partial charge >= 0.3 is 5.97 Å². The van der Waals surface area contributed by atoms with Gasteiger partial charge in [-0.25, -0.2) is 13.2 Å². The molecular weight excluding hydrogens is 398 g/mol. The molecule has 1 aromatic rings. The van der Waals surface area contributed by atoms with E-state index in [1.165, 1.54) is 42.7 Å². The summed E-state index contributed by atoms with van der Waals surface area (Å²) in [5.41, 5.74) is 0.140. The number of esters is 1. The van der Waals surface area contributed by atoms with Crippen LogP contribution in [-0.4, -0.2) is 75.7 Å². The third-order valence-corrected chi connectivity index (χ3v) is 6.62. The minimum absolute atomic E-state index is 0.123. The van der Waals surface area contributed by atoms with E-state index in [0.717, 1.165) is 30.6 Å². The number of nitrogens with one attached hydrogen (secondary N) is 1. The average molecular weight is 426 g/mol. The Labute approximate surface area is 171 Å². The van der Waals surface area contributed by atoms with E-state index in [1.807, 2.05) is 0 Å². The summed E-state index contributed by atoms with van der Waals surface area (Å²) in [4.78, 5) is 36.6. The highest BCUT2D eigenvalue weighted by Gasteiger charge is 2.25. The molecule has 2 rings (SSSR count). The highest BCUT2D eigenvalue weighted by molar-refractivity contribution is 7.89. The van der Waals surface area contributed by atoms with Crippen LogP contribution < -0.4 is 5.32 Å². The van der Waals surface area contributed by atoms with Crippen molar-refractivity contribution >= 4 is 27.8 Å². The molecule has 0 saturated carbocycles. The molecule has 0 spiro atoms. The van der Waals surface area contributed by atoms with Crippen LogP contribution in [0.25, 0.3) is 0 Å². The van der Waals surface area contributed by atoms with Crippen LogP contribution >= 0.6 is 0 Å². The second-order valence-corrected chi connectivity index (χ2v) is 8.78. The number of ether oxygens (including phenoxy) is 1. The predicted molar refractivity (Wildman–Crippen MR) is 106 cm³/mol. The smallest absolute Gasteiger partial charge is 0.338 e. The summed E-state index contributed by atoms with van der Waals surface area (Å²) in [6.07, 6.45) is 3.72. The average Bonchev–Trinajstić information content (AvgIpc) is 3.01. The molecule has 9 nitrogen and oxygen atoms in total. The lowest BCUT2D eigenvalue weighted by Crippen LogP contribution is -2.39. The molecule has 29 heavy (non-hydrogen) atoms. The second-order valence-electron chi connectivity index (χ2n) is 6.84. The van der Waals surface area contributed by atoms with Crippen molar-refractivity contribution in [2.45, 2.75) is 30.6 Å². The molecule has 1 heterocycles. The second kappa shape index (κ2) is 10.4. The topological polar surface area (TPSA) is 113 Å². The van der Waals surface area contributed by atoms with Gasteiger partial charge in [-0.1, -0.05) is 12.8 Å². The van der Waals surface area contributed by atoms with Gasteiger partial charge in [-0.2, -0.15) is 4.31 Å². The van der Waals surface area contributed by atoms with Gasteiger partial charge in [0.15, 0.2) is 6.61 Å². The van der Waals surface area contributed by atoms with Crippen LogP contribution in [0.3, 0.4) is 0 Å². The number of sulfonamides is 1. The molecule has 10 heteroatoms. The zero-order chi connectivity index (χ0) is 21.4. The molecule has 0 aromatic heterocycles. The van der Waals surface area contributed by atoms with Crippen molar-refractivity contribution in [1.29, 1.82) is 0 Å². The number of likely N-dealkylation sites (N-methyl/N-ethyl adjacent to an activating group) is 2. The molecule has 1 N–H and O–H groups in total. The highest BCUT2D eigenvalue weighted by atomic mass is 32.2. The molecule has 1 fully saturated rings. The number of carbonyl (C=O) groups excluding carboxylic acids is 3. The quantitative estimate of drug-likeness (QED) is 0.641. The summed E-state index contributed by atoms with van der Waals surface area (Å²) >= 11 is 0. The standard InChI is InChI=1S/C19H27N3O6S/c1-20-17(23)13-21(2)18(24)14-28-19(25)15-7-9-16(10-8-15)29(26,27)22-11-5-3-4-6-12-22/h7-10H,3-6,11-14H2,1-2H3,(H,20,23). The van der Waals surface area contributed by atoms with E-state index in [0.29, 0.717) is 13.1 Å². The molecule has 1 aliphatic rings. The molecule has 160 valence electrons. The van der Waals surface area contributed by atoms with Gasteiger partial charge in [-0.05, 0) is 37.1 Å².